The summed E-state index contributed by atoms with van der Waals surface area (Å²) in [7, 11) is -3.73. The van der Waals surface area contributed by atoms with Crippen molar-refractivity contribution >= 4 is 26.0 Å². The molecule has 0 heterocycles. The van der Waals surface area contributed by atoms with Crippen molar-refractivity contribution in [2.24, 2.45) is 0 Å². The lowest BCUT2D eigenvalue weighted by Gasteiger charge is -2.10. The summed E-state index contributed by atoms with van der Waals surface area (Å²) in [5, 5.41) is 0.751. The molecule has 112 valence electrons. The zero-order valence-corrected chi connectivity index (χ0v) is 13.8. The zero-order chi connectivity index (χ0) is 15.5. The third-order valence-electron chi connectivity index (χ3n) is 3.08. The lowest BCUT2D eigenvalue weighted by Crippen LogP contribution is -2.24. The lowest BCUT2D eigenvalue weighted by atomic mass is 10.2. The fraction of sp³-hybridized carbons (Fsp3) is 0.200. The van der Waals surface area contributed by atoms with Gasteiger partial charge in [0.15, 0.2) is 0 Å². The first-order valence-corrected chi connectivity index (χ1v) is 8.92. The molecule has 0 spiro atoms. The van der Waals surface area contributed by atoms with E-state index in [9.17, 15) is 12.8 Å². The smallest absolute Gasteiger partial charge is 0.207 e. The van der Waals surface area contributed by atoms with Crippen LogP contribution in [0.1, 0.15) is 16.7 Å². The van der Waals surface area contributed by atoms with E-state index in [1.54, 1.807) is 6.92 Å². The Kier molecular flexibility index (Phi) is 5.13. The average molecular weight is 372 g/mol. The molecular weight excluding hydrogens is 357 g/mol. The Bertz CT molecular complexity index is 730. The topological polar surface area (TPSA) is 46.2 Å². The fourth-order valence-corrected chi connectivity index (χ4v) is 3.51. The second kappa shape index (κ2) is 6.68. The summed E-state index contributed by atoms with van der Waals surface area (Å²) < 4.78 is 40.2. The average Bonchev–Trinajstić information content (AvgIpc) is 2.48. The molecule has 0 unspecified atom stereocenters. The molecule has 21 heavy (non-hydrogen) atoms. The van der Waals surface area contributed by atoms with Crippen LogP contribution < -0.4 is 4.72 Å². The summed E-state index contributed by atoms with van der Waals surface area (Å²) in [6.07, 6.45) is 0. The first-order chi connectivity index (χ1) is 9.92. The van der Waals surface area contributed by atoms with Crippen molar-refractivity contribution in [1.29, 1.82) is 0 Å². The second-order valence-corrected chi connectivity index (χ2v) is 6.98. The van der Waals surface area contributed by atoms with Gasteiger partial charge >= 0.3 is 0 Å². The normalized spacial score (nSPS) is 11.6. The summed E-state index contributed by atoms with van der Waals surface area (Å²) in [6, 6.07) is 11.3. The van der Waals surface area contributed by atoms with Crippen LogP contribution in [-0.4, -0.2) is 8.42 Å². The third kappa shape index (κ3) is 4.12. The number of alkyl halides is 1. The van der Waals surface area contributed by atoms with Crippen molar-refractivity contribution in [3.8, 4) is 0 Å². The molecule has 0 radical (unpaired) electrons. The molecule has 0 fully saturated rings. The van der Waals surface area contributed by atoms with Crippen molar-refractivity contribution < 1.29 is 12.8 Å². The highest BCUT2D eigenvalue weighted by Gasteiger charge is 2.17. The van der Waals surface area contributed by atoms with Gasteiger partial charge in [0.25, 0.3) is 0 Å². The molecule has 1 N–H and O–H groups in total. The molecule has 3 nitrogen and oxygen atoms in total. The minimum absolute atomic E-state index is 0.0282. The summed E-state index contributed by atoms with van der Waals surface area (Å²) in [5.74, 6) is -0.567. The molecule has 0 aliphatic heterocycles. The van der Waals surface area contributed by atoms with Crippen LogP contribution in [0.5, 0.6) is 0 Å². The van der Waals surface area contributed by atoms with Crippen LogP contribution in [-0.2, 0) is 21.9 Å². The maximum atomic E-state index is 13.2. The van der Waals surface area contributed by atoms with E-state index < -0.39 is 15.8 Å². The van der Waals surface area contributed by atoms with Gasteiger partial charge in [-0.05, 0) is 35.7 Å². The van der Waals surface area contributed by atoms with Crippen molar-refractivity contribution in [2.75, 3.05) is 0 Å². The van der Waals surface area contributed by atoms with Crippen molar-refractivity contribution in [3.63, 3.8) is 0 Å². The zero-order valence-electron chi connectivity index (χ0n) is 11.4. The molecule has 0 aliphatic rings. The molecule has 2 aromatic carbocycles. The molecule has 0 aliphatic carbocycles. The van der Waals surface area contributed by atoms with Crippen LogP contribution in [0, 0.1) is 12.7 Å². The van der Waals surface area contributed by atoms with E-state index in [1.807, 2.05) is 24.3 Å². The van der Waals surface area contributed by atoms with Gasteiger partial charge in [0, 0.05) is 11.9 Å². The van der Waals surface area contributed by atoms with E-state index in [4.69, 9.17) is 0 Å². The highest BCUT2D eigenvalue weighted by Crippen LogP contribution is 2.17. The monoisotopic (exact) mass is 371 g/mol. The van der Waals surface area contributed by atoms with Crippen LogP contribution in [0.25, 0.3) is 0 Å². The van der Waals surface area contributed by atoms with E-state index >= 15 is 0 Å². The first kappa shape index (κ1) is 16.1. The summed E-state index contributed by atoms with van der Waals surface area (Å²) >= 11 is 3.35. The second-order valence-electron chi connectivity index (χ2n) is 4.68. The molecule has 0 amide bonds. The number of nitrogens with one attached hydrogen (secondary N) is 1. The van der Waals surface area contributed by atoms with Crippen molar-refractivity contribution in [3.05, 3.63) is 65.0 Å². The summed E-state index contributed by atoms with van der Waals surface area (Å²) in [6.45, 7) is 1.81. The van der Waals surface area contributed by atoms with Crippen LogP contribution in [0.3, 0.4) is 0 Å². The molecule has 0 saturated heterocycles. The van der Waals surface area contributed by atoms with Gasteiger partial charge in [-0.15, -0.1) is 0 Å². The van der Waals surface area contributed by atoms with Gasteiger partial charge in [-0.25, -0.2) is 17.5 Å². The number of rotatable bonds is 5. The Balaban J connectivity index is 2.15. The standard InChI is InChI=1S/C15H15BrFNO2S/c1-11-2-7-14(17)8-15(11)21(19,20)18-10-13-5-3-12(9-16)4-6-13/h2-8,18H,9-10H2,1H3. The maximum Gasteiger partial charge on any atom is 0.241 e. The van der Waals surface area contributed by atoms with Gasteiger partial charge < -0.3 is 0 Å². The van der Waals surface area contributed by atoms with Gasteiger partial charge in [-0.2, -0.15) is 0 Å². The molecule has 2 rings (SSSR count). The van der Waals surface area contributed by atoms with Crippen LogP contribution in [0.2, 0.25) is 0 Å². The predicted molar refractivity (Wildman–Crippen MR) is 84.2 cm³/mol. The largest absolute Gasteiger partial charge is 0.241 e. The number of halogens is 2. The molecule has 0 bridgehead atoms. The number of sulfonamides is 1. The Morgan fingerprint density at radius 2 is 1.71 bits per heavy atom. The van der Waals surface area contributed by atoms with Crippen LogP contribution in [0.15, 0.2) is 47.4 Å². The Hall–Kier alpha value is -1.24. The van der Waals surface area contributed by atoms with E-state index in [0.717, 1.165) is 22.5 Å². The third-order valence-corrected chi connectivity index (χ3v) is 5.27. The van der Waals surface area contributed by atoms with Crippen molar-refractivity contribution in [2.45, 2.75) is 23.7 Å². The van der Waals surface area contributed by atoms with Gasteiger partial charge in [0.1, 0.15) is 5.82 Å². The predicted octanol–water partition coefficient (Wildman–Crippen LogP) is 3.51. The molecule has 0 atom stereocenters. The summed E-state index contributed by atoms with van der Waals surface area (Å²) in [5.41, 5.74) is 2.47. The molecule has 2 aromatic rings. The van der Waals surface area contributed by atoms with E-state index in [-0.39, 0.29) is 11.4 Å². The van der Waals surface area contributed by atoms with Gasteiger partial charge in [0.05, 0.1) is 4.90 Å². The fourth-order valence-electron chi connectivity index (χ4n) is 1.87. The molecule has 6 heteroatoms. The number of aryl methyl sites for hydroxylation is 1. The Labute approximate surface area is 132 Å². The number of hydrogen-bond donors (Lipinski definition) is 1. The van der Waals surface area contributed by atoms with Crippen LogP contribution >= 0.6 is 15.9 Å². The maximum absolute atomic E-state index is 13.2. The highest BCUT2D eigenvalue weighted by atomic mass is 79.9. The first-order valence-electron chi connectivity index (χ1n) is 6.32. The van der Waals surface area contributed by atoms with E-state index in [2.05, 4.69) is 20.7 Å². The minimum Gasteiger partial charge on any atom is -0.207 e. The molecule has 0 aromatic heterocycles. The quantitative estimate of drug-likeness (QED) is 0.817. The lowest BCUT2D eigenvalue weighted by molar-refractivity contribution is 0.576. The Morgan fingerprint density at radius 1 is 1.10 bits per heavy atom. The number of hydrogen-bond acceptors (Lipinski definition) is 2. The minimum atomic E-state index is -3.73. The van der Waals surface area contributed by atoms with Gasteiger partial charge in [-0.3, -0.25) is 0 Å². The van der Waals surface area contributed by atoms with Gasteiger partial charge in [-0.1, -0.05) is 46.3 Å². The van der Waals surface area contributed by atoms with E-state index in [0.29, 0.717) is 5.56 Å². The van der Waals surface area contributed by atoms with Crippen LogP contribution in [0.4, 0.5) is 4.39 Å². The SMILES string of the molecule is Cc1ccc(F)cc1S(=O)(=O)NCc1ccc(CBr)cc1. The Morgan fingerprint density at radius 3 is 2.33 bits per heavy atom. The number of benzene rings is 2. The molecular formula is C15H15BrFNO2S. The highest BCUT2D eigenvalue weighted by molar-refractivity contribution is 9.08. The van der Waals surface area contributed by atoms with Crippen molar-refractivity contribution in [1.82, 2.24) is 4.72 Å². The molecule has 0 saturated carbocycles. The summed E-state index contributed by atoms with van der Waals surface area (Å²) in [4.78, 5) is -0.0282. The van der Waals surface area contributed by atoms with Gasteiger partial charge in [0.2, 0.25) is 10.0 Å². The van der Waals surface area contributed by atoms with E-state index in [1.165, 1.54) is 12.1 Å².